The molecule has 0 fully saturated rings. The van der Waals surface area contributed by atoms with Crippen molar-refractivity contribution in [3.05, 3.63) is 72.5 Å². The van der Waals surface area contributed by atoms with Gasteiger partial charge in [-0.25, -0.2) is 4.39 Å². The van der Waals surface area contributed by atoms with Crippen molar-refractivity contribution in [2.75, 3.05) is 16.4 Å². The lowest BCUT2D eigenvalue weighted by atomic mass is 10.1. The maximum absolute atomic E-state index is 13.7. The van der Waals surface area contributed by atoms with Gasteiger partial charge >= 0.3 is 0 Å². The minimum Gasteiger partial charge on any atom is -0.328 e. The number of hydrogen-bond donors (Lipinski definition) is 2. The number of rotatable bonds is 6. The number of thioether (sulfide) groups is 1. The molecule has 1 amide bonds. The summed E-state index contributed by atoms with van der Waals surface area (Å²) in [6.07, 6.45) is 0. The van der Waals surface area contributed by atoms with Crippen molar-refractivity contribution in [3.8, 4) is 0 Å². The Labute approximate surface area is 169 Å². The van der Waals surface area contributed by atoms with E-state index in [2.05, 4.69) is 20.8 Å². The van der Waals surface area contributed by atoms with Crippen molar-refractivity contribution in [1.82, 2.24) is 10.2 Å². The lowest BCUT2D eigenvalue weighted by molar-refractivity contribution is -0.113. The molecule has 2 N–H and O–H groups in total. The molecule has 8 heteroatoms. The Hall–Kier alpha value is -2.97. The Bertz CT molecular complexity index is 1130. The first-order valence-electron chi connectivity index (χ1n) is 8.44. The predicted octanol–water partition coefficient (Wildman–Crippen LogP) is 5.30. The molecule has 0 saturated heterocycles. The van der Waals surface area contributed by atoms with Crippen LogP contribution in [-0.2, 0) is 4.79 Å². The van der Waals surface area contributed by atoms with Crippen LogP contribution in [0.5, 0.6) is 0 Å². The molecule has 140 valence electrons. The molecule has 1 heterocycles. The Kier molecular flexibility index (Phi) is 5.50. The second-order valence-electron chi connectivity index (χ2n) is 5.88. The number of amides is 1. The first-order valence-corrected chi connectivity index (χ1v) is 10.2. The van der Waals surface area contributed by atoms with E-state index in [0.717, 1.165) is 16.5 Å². The summed E-state index contributed by atoms with van der Waals surface area (Å²) < 4.78 is 14.3. The number of nitrogens with zero attached hydrogens (tertiary/aromatic N) is 2. The molecule has 5 nitrogen and oxygen atoms in total. The smallest absolute Gasteiger partial charge is 0.234 e. The van der Waals surface area contributed by atoms with Gasteiger partial charge in [-0.2, -0.15) is 0 Å². The van der Waals surface area contributed by atoms with Gasteiger partial charge in [-0.05, 0) is 35.0 Å². The maximum Gasteiger partial charge on any atom is 0.234 e. The number of benzene rings is 3. The van der Waals surface area contributed by atoms with Gasteiger partial charge in [0.05, 0.1) is 11.4 Å². The van der Waals surface area contributed by atoms with Crippen LogP contribution < -0.4 is 10.6 Å². The summed E-state index contributed by atoms with van der Waals surface area (Å²) in [6.45, 7) is 0. The molecule has 0 unspecified atom stereocenters. The topological polar surface area (TPSA) is 66.9 Å². The monoisotopic (exact) mass is 410 g/mol. The predicted molar refractivity (Wildman–Crippen MR) is 113 cm³/mol. The summed E-state index contributed by atoms with van der Waals surface area (Å²) >= 11 is 2.56. The van der Waals surface area contributed by atoms with Crippen LogP contribution in [-0.4, -0.2) is 21.9 Å². The van der Waals surface area contributed by atoms with Crippen LogP contribution in [0.15, 0.2) is 71.1 Å². The summed E-state index contributed by atoms with van der Waals surface area (Å²) in [5, 5.41) is 16.5. The van der Waals surface area contributed by atoms with Gasteiger partial charge in [0.25, 0.3) is 0 Å². The van der Waals surface area contributed by atoms with Gasteiger partial charge in [-0.1, -0.05) is 65.6 Å². The van der Waals surface area contributed by atoms with Gasteiger partial charge in [0.1, 0.15) is 5.82 Å². The van der Waals surface area contributed by atoms with E-state index in [4.69, 9.17) is 0 Å². The number of anilines is 3. The third kappa shape index (κ3) is 4.47. The van der Waals surface area contributed by atoms with E-state index in [9.17, 15) is 9.18 Å². The number of halogens is 1. The van der Waals surface area contributed by atoms with Crippen LogP contribution in [0.4, 0.5) is 20.9 Å². The van der Waals surface area contributed by atoms with E-state index in [0.29, 0.717) is 15.2 Å². The van der Waals surface area contributed by atoms with Gasteiger partial charge in [-0.3, -0.25) is 4.79 Å². The third-order valence-electron chi connectivity index (χ3n) is 3.88. The minimum atomic E-state index is -0.360. The molecule has 1 aromatic heterocycles. The Morgan fingerprint density at radius 2 is 1.79 bits per heavy atom. The number of nitrogens with one attached hydrogen (secondary N) is 2. The van der Waals surface area contributed by atoms with Crippen LogP contribution in [0.2, 0.25) is 0 Å². The Morgan fingerprint density at radius 3 is 2.64 bits per heavy atom. The van der Waals surface area contributed by atoms with Crippen molar-refractivity contribution in [2.24, 2.45) is 0 Å². The number of carbonyl (C=O) groups excluding carboxylic acids is 1. The number of fused-ring (bicyclic) bond motifs is 1. The fourth-order valence-corrected chi connectivity index (χ4v) is 4.15. The van der Waals surface area contributed by atoms with Crippen molar-refractivity contribution < 1.29 is 9.18 Å². The highest BCUT2D eigenvalue weighted by Gasteiger charge is 2.10. The molecule has 0 radical (unpaired) electrons. The van der Waals surface area contributed by atoms with Crippen LogP contribution in [0.25, 0.3) is 10.8 Å². The lowest BCUT2D eigenvalue weighted by Gasteiger charge is -2.05. The molecule has 0 saturated carbocycles. The second-order valence-corrected chi connectivity index (χ2v) is 8.08. The average molecular weight is 410 g/mol. The molecule has 0 atom stereocenters. The van der Waals surface area contributed by atoms with Gasteiger partial charge in [0.15, 0.2) is 4.34 Å². The van der Waals surface area contributed by atoms with E-state index >= 15 is 0 Å². The summed E-state index contributed by atoms with van der Waals surface area (Å²) in [6, 6.07) is 20.1. The second kappa shape index (κ2) is 8.37. The van der Waals surface area contributed by atoms with E-state index in [1.807, 2.05) is 42.5 Å². The molecular weight excluding hydrogens is 395 g/mol. The highest BCUT2D eigenvalue weighted by molar-refractivity contribution is 8.01. The quantitative estimate of drug-likeness (QED) is 0.422. The molecule has 0 aliphatic rings. The van der Waals surface area contributed by atoms with Crippen molar-refractivity contribution >= 4 is 56.3 Å². The van der Waals surface area contributed by atoms with Gasteiger partial charge in [0.2, 0.25) is 11.0 Å². The number of carbonyl (C=O) groups is 1. The molecular formula is C20H15FN4OS2. The Morgan fingerprint density at radius 1 is 1.00 bits per heavy atom. The molecule has 3 aromatic carbocycles. The number of hydrogen-bond acceptors (Lipinski definition) is 6. The van der Waals surface area contributed by atoms with Gasteiger partial charge < -0.3 is 10.6 Å². The fraction of sp³-hybridized carbons (Fsp3) is 0.0500. The van der Waals surface area contributed by atoms with Crippen molar-refractivity contribution in [3.63, 3.8) is 0 Å². The SMILES string of the molecule is O=C(CSc1nnc(Nc2ccccc2F)s1)Nc1ccc2ccccc2c1. The van der Waals surface area contributed by atoms with E-state index < -0.39 is 0 Å². The zero-order valence-electron chi connectivity index (χ0n) is 14.6. The zero-order chi connectivity index (χ0) is 19.3. The van der Waals surface area contributed by atoms with Crippen molar-refractivity contribution in [2.45, 2.75) is 4.34 Å². The van der Waals surface area contributed by atoms with Crippen LogP contribution in [0.1, 0.15) is 0 Å². The molecule has 0 bridgehead atoms. The third-order valence-corrected chi connectivity index (χ3v) is 5.85. The zero-order valence-corrected chi connectivity index (χ0v) is 16.2. The molecule has 0 aliphatic heterocycles. The first kappa shape index (κ1) is 18.4. The van der Waals surface area contributed by atoms with E-state index in [1.165, 1.54) is 29.2 Å². The number of aromatic nitrogens is 2. The van der Waals surface area contributed by atoms with Crippen LogP contribution in [0.3, 0.4) is 0 Å². The highest BCUT2D eigenvalue weighted by atomic mass is 32.2. The van der Waals surface area contributed by atoms with Gasteiger partial charge in [0, 0.05) is 5.69 Å². The lowest BCUT2D eigenvalue weighted by Crippen LogP contribution is -2.13. The van der Waals surface area contributed by atoms with Crippen LogP contribution in [0, 0.1) is 5.82 Å². The minimum absolute atomic E-state index is 0.126. The fourth-order valence-electron chi connectivity index (χ4n) is 2.59. The average Bonchev–Trinajstić information content (AvgIpc) is 3.16. The normalized spacial score (nSPS) is 10.8. The van der Waals surface area contributed by atoms with Crippen LogP contribution >= 0.6 is 23.1 Å². The molecule has 4 aromatic rings. The first-order chi connectivity index (χ1) is 13.7. The maximum atomic E-state index is 13.7. The van der Waals surface area contributed by atoms with Gasteiger partial charge in [-0.15, -0.1) is 10.2 Å². The van der Waals surface area contributed by atoms with Crippen molar-refractivity contribution in [1.29, 1.82) is 0 Å². The summed E-state index contributed by atoms with van der Waals surface area (Å²) in [4.78, 5) is 12.2. The number of para-hydroxylation sites is 1. The summed E-state index contributed by atoms with van der Waals surface area (Å²) in [5.74, 6) is -0.276. The van der Waals surface area contributed by atoms with E-state index in [-0.39, 0.29) is 17.5 Å². The summed E-state index contributed by atoms with van der Waals surface area (Å²) in [7, 11) is 0. The summed E-state index contributed by atoms with van der Waals surface area (Å²) in [5.41, 5.74) is 1.09. The standard InChI is InChI=1S/C20H15FN4OS2/c21-16-7-3-4-8-17(16)23-19-24-25-20(28-19)27-12-18(26)22-15-10-9-13-5-1-2-6-14(13)11-15/h1-11H,12H2,(H,22,26)(H,23,24). The highest BCUT2D eigenvalue weighted by Crippen LogP contribution is 2.28. The van der Waals surface area contributed by atoms with E-state index in [1.54, 1.807) is 18.2 Å². The Balaban J connectivity index is 1.33. The molecule has 4 rings (SSSR count). The molecule has 28 heavy (non-hydrogen) atoms. The molecule has 0 spiro atoms. The molecule has 0 aliphatic carbocycles. The largest absolute Gasteiger partial charge is 0.328 e.